The number of alkyl halides is 1. The van der Waals surface area contributed by atoms with Crippen molar-refractivity contribution in [2.24, 2.45) is 11.7 Å². The van der Waals surface area contributed by atoms with Crippen LogP contribution in [0.2, 0.25) is 0 Å². The summed E-state index contributed by atoms with van der Waals surface area (Å²) < 4.78 is 0.811. The molecule has 0 aliphatic rings. The molecule has 0 amide bonds. The van der Waals surface area contributed by atoms with Gasteiger partial charge in [0, 0.05) is 3.92 Å². The molecule has 0 saturated carbocycles. The predicted octanol–water partition coefficient (Wildman–Crippen LogP) is 2.97. The molecule has 2 atom stereocenters. The van der Waals surface area contributed by atoms with Crippen molar-refractivity contribution in [1.29, 1.82) is 0 Å². The van der Waals surface area contributed by atoms with Crippen LogP contribution in [0.4, 0.5) is 0 Å². The summed E-state index contributed by atoms with van der Waals surface area (Å²) in [7, 11) is 0. The van der Waals surface area contributed by atoms with Crippen molar-refractivity contribution < 1.29 is 0 Å². The third kappa shape index (κ3) is 7.06. The highest BCUT2D eigenvalue weighted by molar-refractivity contribution is 14.1. The van der Waals surface area contributed by atoms with E-state index in [2.05, 4.69) is 36.4 Å². The minimum absolute atomic E-state index is 0.811. The van der Waals surface area contributed by atoms with Gasteiger partial charge in [0.2, 0.25) is 0 Å². The van der Waals surface area contributed by atoms with Crippen LogP contribution in [0.1, 0.15) is 39.5 Å². The van der Waals surface area contributed by atoms with Crippen molar-refractivity contribution in [3.63, 3.8) is 0 Å². The topological polar surface area (TPSA) is 26.0 Å². The average molecular weight is 269 g/mol. The van der Waals surface area contributed by atoms with Gasteiger partial charge in [0.15, 0.2) is 0 Å². The van der Waals surface area contributed by atoms with Gasteiger partial charge in [-0.15, -0.1) is 0 Å². The summed E-state index contributed by atoms with van der Waals surface area (Å²) in [4.78, 5) is 0. The Morgan fingerprint density at radius 1 is 1.18 bits per heavy atom. The number of rotatable bonds is 6. The Bertz CT molecular complexity index is 83.6. The molecule has 0 aromatic carbocycles. The fourth-order valence-corrected chi connectivity index (χ4v) is 1.38. The molecule has 2 N–H and O–H groups in total. The molecule has 0 aliphatic carbocycles. The van der Waals surface area contributed by atoms with Crippen LogP contribution in [0, 0.1) is 5.92 Å². The monoisotopic (exact) mass is 269 g/mol. The first-order valence-corrected chi connectivity index (χ1v) is 5.77. The van der Waals surface area contributed by atoms with Crippen LogP contribution in [0.25, 0.3) is 0 Å². The molecule has 0 rings (SSSR count). The van der Waals surface area contributed by atoms with Gasteiger partial charge >= 0.3 is 0 Å². The Balaban J connectivity index is 3.10. The van der Waals surface area contributed by atoms with E-state index in [1.54, 1.807) is 0 Å². The summed E-state index contributed by atoms with van der Waals surface area (Å²) in [5.41, 5.74) is 5.40. The molecule has 1 unspecified atom stereocenters. The molecular formula is C9H20IN. The summed E-state index contributed by atoms with van der Waals surface area (Å²) in [6.07, 6.45) is 5.22. The second-order valence-electron chi connectivity index (χ2n) is 3.29. The lowest BCUT2D eigenvalue weighted by atomic mass is 10.0. The molecule has 0 spiro atoms. The van der Waals surface area contributed by atoms with E-state index < -0.39 is 0 Å². The Labute approximate surface area is 84.3 Å². The minimum Gasteiger partial charge on any atom is -0.330 e. The van der Waals surface area contributed by atoms with E-state index in [1.165, 1.54) is 25.7 Å². The van der Waals surface area contributed by atoms with Gasteiger partial charge in [-0.1, -0.05) is 49.3 Å². The lowest BCUT2D eigenvalue weighted by Gasteiger charge is -2.12. The number of halogens is 1. The van der Waals surface area contributed by atoms with E-state index in [0.717, 1.165) is 16.4 Å². The van der Waals surface area contributed by atoms with E-state index in [-0.39, 0.29) is 0 Å². The van der Waals surface area contributed by atoms with Crippen LogP contribution in [0.15, 0.2) is 0 Å². The number of nitrogens with two attached hydrogens (primary N) is 1. The third-order valence-corrected chi connectivity index (χ3v) is 3.38. The Morgan fingerprint density at radius 3 is 2.27 bits per heavy atom. The molecule has 68 valence electrons. The van der Waals surface area contributed by atoms with Crippen molar-refractivity contribution >= 4 is 22.6 Å². The van der Waals surface area contributed by atoms with Crippen molar-refractivity contribution in [3.8, 4) is 0 Å². The highest BCUT2D eigenvalue weighted by atomic mass is 127. The molecule has 0 radical (unpaired) electrons. The molecule has 0 fully saturated rings. The van der Waals surface area contributed by atoms with Crippen LogP contribution in [0.3, 0.4) is 0 Å². The van der Waals surface area contributed by atoms with Crippen LogP contribution < -0.4 is 5.73 Å². The SMILES string of the molecule is CC(CCCCCN)[C@@H](C)I. The van der Waals surface area contributed by atoms with Crippen molar-refractivity contribution in [2.45, 2.75) is 43.5 Å². The Hall–Kier alpha value is 0.690. The van der Waals surface area contributed by atoms with E-state index in [1.807, 2.05) is 0 Å². The predicted molar refractivity (Wildman–Crippen MR) is 60.2 cm³/mol. The zero-order chi connectivity index (χ0) is 8.69. The summed E-state index contributed by atoms with van der Waals surface area (Å²) in [5.74, 6) is 0.869. The first-order valence-electron chi connectivity index (χ1n) is 4.52. The summed E-state index contributed by atoms with van der Waals surface area (Å²) in [5, 5.41) is 0. The zero-order valence-corrected chi connectivity index (χ0v) is 9.80. The van der Waals surface area contributed by atoms with Gasteiger partial charge in [-0.3, -0.25) is 0 Å². The van der Waals surface area contributed by atoms with Crippen LogP contribution in [-0.2, 0) is 0 Å². The molecule has 11 heavy (non-hydrogen) atoms. The number of unbranched alkanes of at least 4 members (excludes halogenated alkanes) is 2. The lowest BCUT2D eigenvalue weighted by molar-refractivity contribution is 0.498. The summed E-state index contributed by atoms with van der Waals surface area (Å²) >= 11 is 2.50. The summed E-state index contributed by atoms with van der Waals surface area (Å²) in [6, 6.07) is 0. The first-order chi connectivity index (χ1) is 5.18. The average Bonchev–Trinajstić information content (AvgIpc) is 1.97. The molecule has 0 bridgehead atoms. The molecular weight excluding hydrogens is 249 g/mol. The van der Waals surface area contributed by atoms with Gasteiger partial charge in [0.25, 0.3) is 0 Å². The van der Waals surface area contributed by atoms with E-state index in [4.69, 9.17) is 5.73 Å². The largest absolute Gasteiger partial charge is 0.330 e. The minimum atomic E-state index is 0.811. The molecule has 0 aromatic rings. The maximum absolute atomic E-state index is 5.40. The molecule has 1 nitrogen and oxygen atoms in total. The molecule has 0 aliphatic heterocycles. The molecule has 0 heterocycles. The molecule has 0 aromatic heterocycles. The normalized spacial score (nSPS) is 16.4. The van der Waals surface area contributed by atoms with Gasteiger partial charge in [-0.05, 0) is 25.3 Å². The van der Waals surface area contributed by atoms with Gasteiger partial charge in [-0.25, -0.2) is 0 Å². The van der Waals surface area contributed by atoms with Crippen molar-refractivity contribution in [3.05, 3.63) is 0 Å². The number of hydrogen-bond acceptors (Lipinski definition) is 1. The van der Waals surface area contributed by atoms with Crippen LogP contribution in [-0.4, -0.2) is 10.5 Å². The highest BCUT2D eigenvalue weighted by Gasteiger charge is 2.06. The van der Waals surface area contributed by atoms with E-state index in [0.29, 0.717) is 0 Å². The standard InChI is InChI=1S/C9H20IN/c1-8(9(2)10)6-4-3-5-7-11/h8-9H,3-7,11H2,1-2H3/t8?,9-/m1/s1. The van der Waals surface area contributed by atoms with E-state index >= 15 is 0 Å². The van der Waals surface area contributed by atoms with Gasteiger partial charge < -0.3 is 5.73 Å². The second-order valence-corrected chi connectivity index (χ2v) is 5.26. The van der Waals surface area contributed by atoms with Crippen LogP contribution >= 0.6 is 22.6 Å². The maximum atomic E-state index is 5.40. The van der Waals surface area contributed by atoms with Crippen molar-refractivity contribution in [1.82, 2.24) is 0 Å². The quantitative estimate of drug-likeness (QED) is 0.448. The number of hydrogen-bond donors (Lipinski definition) is 1. The van der Waals surface area contributed by atoms with Crippen molar-refractivity contribution in [2.75, 3.05) is 6.54 Å². The van der Waals surface area contributed by atoms with Crippen LogP contribution in [0.5, 0.6) is 0 Å². The lowest BCUT2D eigenvalue weighted by Crippen LogP contribution is -2.06. The Morgan fingerprint density at radius 2 is 1.82 bits per heavy atom. The first kappa shape index (κ1) is 11.7. The van der Waals surface area contributed by atoms with Gasteiger partial charge in [-0.2, -0.15) is 0 Å². The zero-order valence-electron chi connectivity index (χ0n) is 7.65. The van der Waals surface area contributed by atoms with Gasteiger partial charge in [0.05, 0.1) is 0 Å². The molecule has 2 heteroatoms. The van der Waals surface area contributed by atoms with Gasteiger partial charge in [0.1, 0.15) is 0 Å². The molecule has 0 saturated heterocycles. The fraction of sp³-hybridized carbons (Fsp3) is 1.00. The smallest absolute Gasteiger partial charge is 0.0107 e. The maximum Gasteiger partial charge on any atom is 0.0107 e. The third-order valence-electron chi connectivity index (χ3n) is 2.15. The van der Waals surface area contributed by atoms with E-state index in [9.17, 15) is 0 Å². The highest BCUT2D eigenvalue weighted by Crippen LogP contribution is 2.18. The second kappa shape index (κ2) is 7.35. The summed E-state index contributed by atoms with van der Waals surface area (Å²) in [6.45, 7) is 5.47. The fourth-order valence-electron chi connectivity index (χ4n) is 1.02. The Kier molecular flexibility index (Phi) is 7.81.